The highest BCUT2D eigenvalue weighted by Crippen LogP contribution is 2.51. The normalized spacial score (nSPS) is 31.9. The molecule has 2 fully saturated rings. The van der Waals surface area contributed by atoms with E-state index in [4.69, 9.17) is 19.9 Å². The number of nitrogen functional groups attached to an aromatic ring is 1. The van der Waals surface area contributed by atoms with Gasteiger partial charge in [0.2, 0.25) is 0 Å². The number of aryl methyl sites for hydroxylation is 1. The molecule has 0 saturated carbocycles. The Bertz CT molecular complexity index is 709. The first kappa shape index (κ1) is 18.4. The highest BCUT2D eigenvalue weighted by atomic mass is 16.7. The molecule has 2 bridgehead atoms. The van der Waals surface area contributed by atoms with E-state index >= 15 is 0 Å². The van der Waals surface area contributed by atoms with Crippen LogP contribution in [-0.2, 0) is 14.2 Å². The molecule has 3 rings (SSSR count). The number of aromatic nitrogens is 2. The molecule has 0 spiro atoms. The second-order valence-corrected chi connectivity index (χ2v) is 8.69. The number of nitrogens with zero attached hydrogens (tertiary/aromatic N) is 2. The van der Waals surface area contributed by atoms with E-state index in [-0.39, 0.29) is 29.5 Å². The van der Waals surface area contributed by atoms with Gasteiger partial charge in [-0.1, -0.05) is 20.8 Å². The Morgan fingerprint density at radius 2 is 2.16 bits per heavy atom. The van der Waals surface area contributed by atoms with Crippen molar-refractivity contribution in [3.8, 4) is 0 Å². The lowest BCUT2D eigenvalue weighted by Gasteiger charge is -2.37. The molecule has 2 aliphatic heterocycles. The molecule has 3 heterocycles. The quantitative estimate of drug-likeness (QED) is 0.893. The molecule has 1 aromatic rings. The Kier molecular flexibility index (Phi) is 4.46. The molecule has 2 N–H and O–H groups in total. The summed E-state index contributed by atoms with van der Waals surface area (Å²) in [7, 11) is 0. The Balaban J connectivity index is 2.00. The van der Waals surface area contributed by atoms with Gasteiger partial charge in [-0.2, -0.15) is 4.98 Å². The molecule has 1 aromatic heterocycles. The van der Waals surface area contributed by atoms with E-state index in [0.717, 1.165) is 12.0 Å². The molecule has 4 atom stereocenters. The van der Waals surface area contributed by atoms with Gasteiger partial charge in [-0.3, -0.25) is 4.57 Å². The minimum Gasteiger partial charge on any atom is -0.383 e. The van der Waals surface area contributed by atoms with Crippen molar-refractivity contribution >= 4 is 5.82 Å². The van der Waals surface area contributed by atoms with Crippen LogP contribution >= 0.6 is 0 Å². The lowest BCUT2D eigenvalue weighted by atomic mass is 9.80. The van der Waals surface area contributed by atoms with Gasteiger partial charge in [0, 0.05) is 11.8 Å². The fraction of sp³-hybridized carbons (Fsp3) is 0.778. The summed E-state index contributed by atoms with van der Waals surface area (Å²) in [6, 6.07) is 0. The molecule has 0 amide bonds. The maximum absolute atomic E-state index is 12.4. The Morgan fingerprint density at radius 3 is 2.76 bits per heavy atom. The third-order valence-corrected chi connectivity index (χ3v) is 4.67. The van der Waals surface area contributed by atoms with E-state index < -0.39 is 17.5 Å². The van der Waals surface area contributed by atoms with Crippen LogP contribution in [0.4, 0.5) is 5.82 Å². The molecule has 0 aromatic carbocycles. The minimum absolute atomic E-state index is 0.0337. The van der Waals surface area contributed by atoms with Crippen molar-refractivity contribution in [2.75, 3.05) is 12.3 Å². The van der Waals surface area contributed by atoms with Gasteiger partial charge in [-0.25, -0.2) is 4.79 Å². The van der Waals surface area contributed by atoms with E-state index in [1.165, 1.54) is 4.57 Å². The predicted octanol–water partition coefficient (Wildman–Crippen LogP) is 2.03. The van der Waals surface area contributed by atoms with Gasteiger partial charge in [0.15, 0.2) is 6.23 Å². The smallest absolute Gasteiger partial charge is 0.351 e. The van der Waals surface area contributed by atoms with Crippen LogP contribution in [0.1, 0.15) is 52.8 Å². The summed E-state index contributed by atoms with van der Waals surface area (Å²) in [6.07, 6.45) is 1.39. The summed E-state index contributed by atoms with van der Waals surface area (Å²) in [5.41, 5.74) is 5.52. The zero-order valence-electron chi connectivity index (χ0n) is 15.9. The highest BCUT2D eigenvalue weighted by molar-refractivity contribution is 5.35. The maximum atomic E-state index is 12.4. The van der Waals surface area contributed by atoms with Crippen molar-refractivity contribution in [2.45, 2.75) is 78.1 Å². The molecule has 25 heavy (non-hydrogen) atoms. The molecule has 0 aliphatic carbocycles. The molecule has 0 radical (unpaired) electrons. The van der Waals surface area contributed by atoms with Gasteiger partial charge in [-0.05, 0) is 32.6 Å². The van der Waals surface area contributed by atoms with Crippen molar-refractivity contribution in [3.05, 3.63) is 22.2 Å². The van der Waals surface area contributed by atoms with Crippen LogP contribution in [0.2, 0.25) is 0 Å². The highest BCUT2D eigenvalue weighted by Gasteiger charge is 2.64. The third kappa shape index (κ3) is 3.32. The summed E-state index contributed by atoms with van der Waals surface area (Å²) in [5, 5.41) is 0. The molecule has 2 aliphatic rings. The number of rotatable bonds is 4. The van der Waals surface area contributed by atoms with E-state index in [1.54, 1.807) is 6.20 Å². The zero-order valence-corrected chi connectivity index (χ0v) is 15.9. The molecule has 2 saturated heterocycles. The van der Waals surface area contributed by atoms with Crippen LogP contribution in [0.3, 0.4) is 0 Å². The summed E-state index contributed by atoms with van der Waals surface area (Å²) in [4.78, 5) is 16.3. The molecular weight excluding hydrogens is 322 g/mol. The lowest BCUT2D eigenvalue weighted by Crippen LogP contribution is -2.45. The van der Waals surface area contributed by atoms with Gasteiger partial charge in [0.1, 0.15) is 23.6 Å². The number of fused-ring (bicyclic) bond motifs is 2. The first-order valence-corrected chi connectivity index (χ1v) is 8.83. The summed E-state index contributed by atoms with van der Waals surface area (Å²) >= 11 is 0. The van der Waals surface area contributed by atoms with E-state index in [2.05, 4.69) is 25.8 Å². The second-order valence-electron chi connectivity index (χ2n) is 8.69. The molecule has 2 unspecified atom stereocenters. The van der Waals surface area contributed by atoms with Crippen molar-refractivity contribution in [3.63, 3.8) is 0 Å². The summed E-state index contributed by atoms with van der Waals surface area (Å²) in [6.45, 7) is 12.8. The van der Waals surface area contributed by atoms with Crippen LogP contribution in [0.15, 0.2) is 11.0 Å². The van der Waals surface area contributed by atoms with Crippen molar-refractivity contribution in [1.29, 1.82) is 0 Å². The third-order valence-electron chi connectivity index (χ3n) is 4.67. The molecule has 140 valence electrons. The molecule has 7 nitrogen and oxygen atoms in total. The van der Waals surface area contributed by atoms with Gasteiger partial charge < -0.3 is 19.9 Å². The number of ether oxygens (including phenoxy) is 3. The Morgan fingerprint density at radius 1 is 1.48 bits per heavy atom. The van der Waals surface area contributed by atoms with Crippen molar-refractivity contribution in [1.82, 2.24) is 9.55 Å². The molecule has 7 heteroatoms. The van der Waals surface area contributed by atoms with Crippen LogP contribution in [0.25, 0.3) is 0 Å². The van der Waals surface area contributed by atoms with Gasteiger partial charge in [-0.15, -0.1) is 0 Å². The van der Waals surface area contributed by atoms with Crippen molar-refractivity contribution < 1.29 is 14.2 Å². The minimum atomic E-state index is -0.563. The van der Waals surface area contributed by atoms with Crippen molar-refractivity contribution in [2.24, 2.45) is 5.41 Å². The Labute approximate surface area is 148 Å². The topological polar surface area (TPSA) is 88.6 Å². The SMILES string of the molecule is Cc1cn([C@@H]2O[C@@]3(CC(C)(C)C)COC2C3OC(C)C)c(=O)nc1N. The summed E-state index contributed by atoms with van der Waals surface area (Å²) in [5.74, 6) is 0.240. The predicted molar refractivity (Wildman–Crippen MR) is 94.3 cm³/mol. The fourth-order valence-corrected chi connectivity index (χ4v) is 3.91. The van der Waals surface area contributed by atoms with Gasteiger partial charge in [0.05, 0.1) is 12.7 Å². The lowest BCUT2D eigenvalue weighted by molar-refractivity contribution is -0.186. The average molecular weight is 351 g/mol. The average Bonchev–Trinajstić information content (AvgIpc) is 2.91. The van der Waals surface area contributed by atoms with E-state index in [9.17, 15) is 4.79 Å². The molecular formula is C18H29N3O4. The van der Waals surface area contributed by atoms with Crippen LogP contribution in [0, 0.1) is 12.3 Å². The number of hydrogen-bond acceptors (Lipinski definition) is 6. The number of anilines is 1. The largest absolute Gasteiger partial charge is 0.383 e. The summed E-state index contributed by atoms with van der Waals surface area (Å²) < 4.78 is 20.1. The van der Waals surface area contributed by atoms with Gasteiger partial charge in [0.25, 0.3) is 0 Å². The van der Waals surface area contributed by atoms with Crippen LogP contribution in [0.5, 0.6) is 0 Å². The second kappa shape index (κ2) is 6.07. The van der Waals surface area contributed by atoms with Crippen LogP contribution in [-0.4, -0.2) is 40.1 Å². The maximum Gasteiger partial charge on any atom is 0.351 e. The monoisotopic (exact) mass is 351 g/mol. The zero-order chi connectivity index (χ0) is 18.6. The standard InChI is InChI=1S/C18H29N3O4/c1-10(2)24-13-12-15(21-7-11(3)14(19)20-16(21)22)25-18(13,9-23-12)8-17(4,5)6/h7,10,12-13,15H,8-9H2,1-6H3,(H2,19,20,22)/t12?,13?,15-,18+/m1/s1. The van der Waals surface area contributed by atoms with E-state index in [0.29, 0.717) is 6.61 Å². The number of hydrogen-bond donors (Lipinski definition) is 1. The fourth-order valence-electron chi connectivity index (χ4n) is 3.91. The first-order valence-electron chi connectivity index (χ1n) is 8.83. The van der Waals surface area contributed by atoms with E-state index in [1.807, 2.05) is 20.8 Å². The Hall–Kier alpha value is -1.44. The van der Waals surface area contributed by atoms with Crippen LogP contribution < -0.4 is 11.4 Å². The van der Waals surface area contributed by atoms with Gasteiger partial charge >= 0.3 is 5.69 Å². The number of nitrogens with two attached hydrogens (primary N) is 1. The first-order chi connectivity index (χ1) is 11.5.